The number of anilines is 1. The molecule has 2 unspecified atom stereocenters. The predicted octanol–water partition coefficient (Wildman–Crippen LogP) is 2.86. The Kier molecular flexibility index (Phi) is 6.96. The molecule has 1 heterocycles. The summed E-state index contributed by atoms with van der Waals surface area (Å²) in [4.78, 5) is 2.00. The van der Waals surface area contributed by atoms with E-state index in [1.54, 1.807) is 11.3 Å². The van der Waals surface area contributed by atoms with E-state index in [0.717, 1.165) is 22.4 Å². The lowest BCUT2D eigenvalue weighted by Crippen LogP contribution is -2.29. The fourth-order valence-corrected chi connectivity index (χ4v) is 3.85. The maximum absolute atomic E-state index is 4.22. The van der Waals surface area contributed by atoms with Crippen molar-refractivity contribution in [2.75, 3.05) is 25.5 Å². The van der Waals surface area contributed by atoms with E-state index >= 15 is 0 Å². The van der Waals surface area contributed by atoms with Gasteiger partial charge in [-0.2, -0.15) is 0 Å². The molecule has 18 heavy (non-hydrogen) atoms. The number of hydrogen-bond acceptors (Lipinski definition) is 6. The second-order valence-electron chi connectivity index (χ2n) is 4.76. The second kappa shape index (κ2) is 7.96. The smallest absolute Gasteiger partial charge is 0.208 e. The zero-order valence-electron chi connectivity index (χ0n) is 11.9. The molecule has 0 bridgehead atoms. The van der Waals surface area contributed by atoms with Crippen molar-refractivity contribution in [3.8, 4) is 0 Å². The first-order chi connectivity index (χ1) is 8.52. The Bertz CT molecular complexity index is 341. The number of nitrogens with one attached hydrogen (secondary N) is 1. The lowest BCUT2D eigenvalue weighted by atomic mass is 10.2. The van der Waals surface area contributed by atoms with Crippen LogP contribution in [0.3, 0.4) is 0 Å². The van der Waals surface area contributed by atoms with Gasteiger partial charge < -0.3 is 10.2 Å². The topological polar surface area (TPSA) is 41.1 Å². The van der Waals surface area contributed by atoms with Crippen molar-refractivity contribution >= 4 is 28.2 Å². The lowest BCUT2D eigenvalue weighted by Gasteiger charge is -2.16. The summed E-state index contributed by atoms with van der Waals surface area (Å²) in [6.07, 6.45) is 2.34. The fraction of sp³-hybridized carbons (Fsp3) is 0.833. The molecular weight excluding hydrogens is 264 g/mol. The molecular formula is C12H24N4S2. The zero-order chi connectivity index (χ0) is 13.5. The summed E-state index contributed by atoms with van der Waals surface area (Å²) in [6.45, 7) is 7.80. The van der Waals surface area contributed by atoms with E-state index < -0.39 is 0 Å². The maximum atomic E-state index is 4.22. The number of rotatable bonds is 8. The molecule has 0 aliphatic rings. The van der Waals surface area contributed by atoms with Crippen molar-refractivity contribution in [3.05, 3.63) is 0 Å². The first-order valence-electron chi connectivity index (χ1n) is 6.43. The SMILES string of the molecule is CCCNC(C)CC(C)Sc1nnc(N(C)C)s1. The van der Waals surface area contributed by atoms with Gasteiger partial charge in [-0.15, -0.1) is 10.2 Å². The first-order valence-corrected chi connectivity index (χ1v) is 8.13. The maximum Gasteiger partial charge on any atom is 0.208 e. The van der Waals surface area contributed by atoms with Gasteiger partial charge in [0.2, 0.25) is 5.13 Å². The summed E-state index contributed by atoms with van der Waals surface area (Å²) in [5.74, 6) is 0. The molecule has 0 aromatic carbocycles. The van der Waals surface area contributed by atoms with E-state index in [1.807, 2.05) is 30.8 Å². The highest BCUT2D eigenvalue weighted by Gasteiger charge is 2.13. The van der Waals surface area contributed by atoms with Crippen molar-refractivity contribution in [1.82, 2.24) is 15.5 Å². The van der Waals surface area contributed by atoms with Gasteiger partial charge in [-0.1, -0.05) is 36.9 Å². The van der Waals surface area contributed by atoms with E-state index in [4.69, 9.17) is 0 Å². The number of thioether (sulfide) groups is 1. The Morgan fingerprint density at radius 1 is 1.33 bits per heavy atom. The van der Waals surface area contributed by atoms with Crippen molar-refractivity contribution in [2.45, 2.75) is 49.2 Å². The monoisotopic (exact) mass is 288 g/mol. The molecule has 1 N–H and O–H groups in total. The molecule has 2 atom stereocenters. The largest absolute Gasteiger partial charge is 0.353 e. The average Bonchev–Trinajstić information content (AvgIpc) is 2.74. The van der Waals surface area contributed by atoms with E-state index in [-0.39, 0.29) is 0 Å². The lowest BCUT2D eigenvalue weighted by molar-refractivity contribution is 0.513. The Labute approximate surface area is 119 Å². The van der Waals surface area contributed by atoms with Gasteiger partial charge in [0.05, 0.1) is 0 Å². The van der Waals surface area contributed by atoms with Gasteiger partial charge in [-0.05, 0) is 26.3 Å². The van der Waals surface area contributed by atoms with Crippen LogP contribution in [-0.2, 0) is 0 Å². The fourth-order valence-electron chi connectivity index (χ4n) is 1.62. The van der Waals surface area contributed by atoms with E-state index in [0.29, 0.717) is 11.3 Å². The van der Waals surface area contributed by atoms with Gasteiger partial charge in [0, 0.05) is 25.4 Å². The summed E-state index contributed by atoms with van der Waals surface area (Å²) in [7, 11) is 3.99. The minimum Gasteiger partial charge on any atom is -0.353 e. The third kappa shape index (κ3) is 5.54. The van der Waals surface area contributed by atoms with Crippen LogP contribution >= 0.6 is 23.1 Å². The summed E-state index contributed by atoms with van der Waals surface area (Å²) >= 11 is 3.48. The second-order valence-corrected chi connectivity index (χ2v) is 7.41. The van der Waals surface area contributed by atoms with Crippen LogP contribution in [0.5, 0.6) is 0 Å². The molecule has 1 aromatic rings. The Morgan fingerprint density at radius 2 is 2.06 bits per heavy atom. The van der Waals surface area contributed by atoms with Crippen LogP contribution in [0.4, 0.5) is 5.13 Å². The Hall–Kier alpha value is -0.330. The standard InChI is InChI=1S/C12H24N4S2/c1-6-7-13-9(2)8-10(3)17-12-15-14-11(18-12)16(4)5/h9-10,13H,6-8H2,1-5H3. The normalized spacial score (nSPS) is 14.5. The summed E-state index contributed by atoms with van der Waals surface area (Å²) in [5.41, 5.74) is 0. The Morgan fingerprint density at radius 3 is 2.61 bits per heavy atom. The van der Waals surface area contributed by atoms with Gasteiger partial charge in [0.1, 0.15) is 0 Å². The van der Waals surface area contributed by atoms with Crippen LogP contribution in [0.2, 0.25) is 0 Å². The van der Waals surface area contributed by atoms with Gasteiger partial charge in [-0.3, -0.25) is 0 Å². The van der Waals surface area contributed by atoms with E-state index in [9.17, 15) is 0 Å². The van der Waals surface area contributed by atoms with Crippen molar-refractivity contribution < 1.29 is 0 Å². The number of hydrogen-bond donors (Lipinski definition) is 1. The molecule has 6 heteroatoms. The number of aromatic nitrogens is 2. The molecule has 104 valence electrons. The molecule has 1 aromatic heterocycles. The summed E-state index contributed by atoms with van der Waals surface area (Å²) in [6, 6.07) is 0.564. The molecule has 0 fully saturated rings. The molecule has 0 saturated heterocycles. The molecule has 0 aliphatic carbocycles. The number of nitrogens with zero attached hydrogens (tertiary/aromatic N) is 3. The highest BCUT2D eigenvalue weighted by atomic mass is 32.2. The molecule has 0 spiro atoms. The van der Waals surface area contributed by atoms with Crippen molar-refractivity contribution in [1.29, 1.82) is 0 Å². The van der Waals surface area contributed by atoms with Crippen LogP contribution in [0.25, 0.3) is 0 Å². The molecule has 0 aliphatic heterocycles. The van der Waals surface area contributed by atoms with Gasteiger partial charge in [0.15, 0.2) is 4.34 Å². The van der Waals surface area contributed by atoms with Gasteiger partial charge >= 0.3 is 0 Å². The minimum atomic E-state index is 0.562. The third-order valence-corrected chi connectivity index (χ3v) is 4.81. The highest BCUT2D eigenvalue weighted by Crippen LogP contribution is 2.31. The van der Waals surface area contributed by atoms with Crippen LogP contribution in [0.1, 0.15) is 33.6 Å². The molecule has 1 rings (SSSR count). The molecule has 0 saturated carbocycles. The summed E-state index contributed by atoms with van der Waals surface area (Å²) in [5, 5.41) is 13.4. The first kappa shape index (κ1) is 15.7. The van der Waals surface area contributed by atoms with Crippen molar-refractivity contribution in [3.63, 3.8) is 0 Å². The Balaban J connectivity index is 2.36. The van der Waals surface area contributed by atoms with Crippen LogP contribution in [0.15, 0.2) is 4.34 Å². The third-order valence-electron chi connectivity index (χ3n) is 2.51. The predicted molar refractivity (Wildman–Crippen MR) is 81.9 cm³/mol. The van der Waals surface area contributed by atoms with Crippen LogP contribution in [0, 0.1) is 0 Å². The van der Waals surface area contributed by atoms with Crippen molar-refractivity contribution in [2.24, 2.45) is 0 Å². The van der Waals surface area contributed by atoms with E-state index in [2.05, 4.69) is 36.3 Å². The molecule has 0 amide bonds. The van der Waals surface area contributed by atoms with E-state index in [1.165, 1.54) is 6.42 Å². The van der Waals surface area contributed by atoms with Crippen LogP contribution in [-0.4, -0.2) is 42.1 Å². The zero-order valence-corrected chi connectivity index (χ0v) is 13.6. The average molecular weight is 288 g/mol. The van der Waals surface area contributed by atoms with Gasteiger partial charge in [0.25, 0.3) is 0 Å². The minimum absolute atomic E-state index is 0.562. The molecule has 4 nitrogen and oxygen atoms in total. The summed E-state index contributed by atoms with van der Waals surface area (Å²) < 4.78 is 1.06. The molecule has 0 radical (unpaired) electrons. The van der Waals surface area contributed by atoms with Crippen LogP contribution < -0.4 is 10.2 Å². The van der Waals surface area contributed by atoms with Gasteiger partial charge in [-0.25, -0.2) is 0 Å². The highest BCUT2D eigenvalue weighted by molar-refractivity contribution is 8.01. The quantitative estimate of drug-likeness (QED) is 0.745.